The lowest BCUT2D eigenvalue weighted by molar-refractivity contribution is -0.122. The molecule has 2 aliphatic rings. The van der Waals surface area contributed by atoms with E-state index in [4.69, 9.17) is 0 Å². The molecule has 35 heavy (non-hydrogen) atoms. The molecule has 5 amide bonds. The Labute approximate surface area is 207 Å². The van der Waals surface area contributed by atoms with E-state index in [0.717, 1.165) is 34.2 Å². The quantitative estimate of drug-likeness (QED) is 0.444. The molecule has 2 aromatic rings. The number of benzene rings is 2. The maximum atomic E-state index is 12.7. The number of nitrogens with one attached hydrogen (secondary N) is 1. The summed E-state index contributed by atoms with van der Waals surface area (Å²) in [5.41, 5.74) is 2.66. The number of aryl methyl sites for hydroxylation is 1. The van der Waals surface area contributed by atoms with Crippen molar-refractivity contribution in [3.63, 3.8) is 0 Å². The van der Waals surface area contributed by atoms with E-state index < -0.39 is 23.0 Å². The number of fused-ring (bicyclic) bond motifs is 1. The largest absolute Gasteiger partial charge is 0.350 e. The van der Waals surface area contributed by atoms with Crippen molar-refractivity contribution < 1.29 is 24.0 Å². The van der Waals surface area contributed by atoms with Crippen LogP contribution >= 0.6 is 11.8 Å². The number of amides is 5. The molecule has 0 aromatic heterocycles. The first-order valence-corrected chi connectivity index (χ1v) is 12.2. The molecule has 2 heterocycles. The smallest absolute Gasteiger partial charge is 0.293 e. The monoisotopic (exact) mass is 491 g/mol. The summed E-state index contributed by atoms with van der Waals surface area (Å²) in [5, 5.41) is 2.28. The Kier molecular flexibility index (Phi) is 7.16. The van der Waals surface area contributed by atoms with Crippen LogP contribution in [-0.4, -0.2) is 58.3 Å². The van der Waals surface area contributed by atoms with Gasteiger partial charge in [0.15, 0.2) is 0 Å². The van der Waals surface area contributed by atoms with Crippen LogP contribution < -0.4 is 5.32 Å². The van der Waals surface area contributed by atoms with Crippen LogP contribution in [-0.2, 0) is 4.79 Å². The first-order chi connectivity index (χ1) is 16.8. The lowest BCUT2D eigenvalue weighted by atomic mass is 10.1. The van der Waals surface area contributed by atoms with Crippen LogP contribution in [0.1, 0.15) is 62.0 Å². The number of carbonyl (C=O) groups is 5. The number of rotatable bonds is 8. The average molecular weight is 492 g/mol. The number of hydrogen-bond acceptors (Lipinski definition) is 6. The molecule has 0 bridgehead atoms. The zero-order chi connectivity index (χ0) is 25.1. The number of nitrogens with zero attached hydrogens (tertiary/aromatic N) is 2. The molecule has 1 N–H and O–H groups in total. The van der Waals surface area contributed by atoms with Crippen molar-refractivity contribution in [1.82, 2.24) is 15.1 Å². The minimum Gasteiger partial charge on any atom is -0.350 e. The van der Waals surface area contributed by atoms with E-state index in [1.54, 1.807) is 6.08 Å². The molecule has 180 valence electrons. The summed E-state index contributed by atoms with van der Waals surface area (Å²) in [6.45, 7) is 4.37. The Morgan fingerprint density at radius 2 is 1.63 bits per heavy atom. The van der Waals surface area contributed by atoms with Gasteiger partial charge in [-0.3, -0.25) is 33.8 Å². The Morgan fingerprint density at radius 1 is 0.914 bits per heavy atom. The molecule has 0 unspecified atom stereocenters. The van der Waals surface area contributed by atoms with E-state index >= 15 is 0 Å². The third-order valence-corrected chi connectivity index (χ3v) is 6.75. The summed E-state index contributed by atoms with van der Waals surface area (Å²) in [4.78, 5) is 65.3. The Bertz CT molecular complexity index is 1250. The molecular weight excluding hydrogens is 466 g/mol. The highest BCUT2D eigenvalue weighted by molar-refractivity contribution is 8.18. The van der Waals surface area contributed by atoms with Crippen molar-refractivity contribution in [2.75, 3.05) is 19.6 Å². The molecule has 0 aliphatic carbocycles. The minimum absolute atomic E-state index is 0.0226. The van der Waals surface area contributed by atoms with Gasteiger partial charge in [-0.1, -0.05) is 43.2 Å². The number of hydrogen-bond donors (Lipinski definition) is 1. The van der Waals surface area contributed by atoms with Crippen molar-refractivity contribution in [3.8, 4) is 0 Å². The van der Waals surface area contributed by atoms with Gasteiger partial charge in [-0.2, -0.15) is 0 Å². The van der Waals surface area contributed by atoms with Crippen molar-refractivity contribution in [1.29, 1.82) is 0 Å². The van der Waals surface area contributed by atoms with E-state index in [-0.39, 0.29) is 30.1 Å². The van der Waals surface area contributed by atoms with Gasteiger partial charge in [0.25, 0.3) is 28.9 Å². The van der Waals surface area contributed by atoms with Crippen LogP contribution in [0.5, 0.6) is 0 Å². The Balaban J connectivity index is 1.36. The summed E-state index contributed by atoms with van der Waals surface area (Å²) in [6, 6.07) is 12.0. The molecule has 4 rings (SSSR count). The van der Waals surface area contributed by atoms with Gasteiger partial charge in [-0.25, -0.2) is 0 Å². The molecule has 1 fully saturated rings. The fourth-order valence-electron chi connectivity index (χ4n) is 3.84. The topological polar surface area (TPSA) is 104 Å². The van der Waals surface area contributed by atoms with Gasteiger partial charge in [0, 0.05) is 25.2 Å². The SMILES string of the molecule is CCCCN1C(=O)c2ccc(C(=O)NCCN3C(=O)SC(=Cc4ccc(C)cc4)C3=O)cc2C1=O. The number of imide groups is 2. The van der Waals surface area contributed by atoms with Gasteiger partial charge in [-0.05, 0) is 54.9 Å². The molecule has 1 saturated heterocycles. The summed E-state index contributed by atoms with van der Waals surface area (Å²) >= 11 is 0.867. The van der Waals surface area contributed by atoms with Crippen molar-refractivity contribution in [3.05, 3.63) is 75.2 Å². The molecular formula is C26H25N3O5S. The Hall–Kier alpha value is -3.72. The zero-order valence-electron chi connectivity index (χ0n) is 19.5. The van der Waals surface area contributed by atoms with Gasteiger partial charge in [0.1, 0.15) is 0 Å². The second kappa shape index (κ2) is 10.3. The molecule has 9 heteroatoms. The standard InChI is InChI=1S/C26H25N3O5S/c1-3-4-12-28-23(31)19-10-9-18(15-20(19)24(28)32)22(30)27-11-13-29-25(33)21(35-26(29)34)14-17-7-5-16(2)6-8-17/h5-10,14-15H,3-4,11-13H2,1-2H3,(H,27,30). The van der Waals surface area contributed by atoms with E-state index in [1.165, 1.54) is 23.1 Å². The van der Waals surface area contributed by atoms with Crippen LogP contribution in [0.3, 0.4) is 0 Å². The molecule has 0 spiro atoms. The number of thioether (sulfide) groups is 1. The predicted octanol–water partition coefficient (Wildman–Crippen LogP) is 3.86. The summed E-state index contributed by atoms with van der Waals surface area (Å²) in [7, 11) is 0. The second-order valence-electron chi connectivity index (χ2n) is 8.38. The van der Waals surface area contributed by atoms with E-state index in [2.05, 4.69) is 5.32 Å². The lowest BCUT2D eigenvalue weighted by Crippen LogP contribution is -2.37. The third kappa shape index (κ3) is 5.05. The maximum absolute atomic E-state index is 12.7. The highest BCUT2D eigenvalue weighted by Crippen LogP contribution is 2.32. The van der Waals surface area contributed by atoms with Gasteiger partial charge in [0.05, 0.1) is 16.0 Å². The highest BCUT2D eigenvalue weighted by atomic mass is 32.2. The zero-order valence-corrected chi connectivity index (χ0v) is 20.3. The number of unbranched alkanes of at least 4 members (excludes halogenated alkanes) is 1. The van der Waals surface area contributed by atoms with E-state index in [1.807, 2.05) is 38.1 Å². The van der Waals surface area contributed by atoms with Crippen LogP contribution in [0, 0.1) is 6.92 Å². The van der Waals surface area contributed by atoms with E-state index in [0.29, 0.717) is 23.4 Å². The first-order valence-electron chi connectivity index (χ1n) is 11.4. The molecule has 2 aliphatic heterocycles. The molecule has 8 nitrogen and oxygen atoms in total. The van der Waals surface area contributed by atoms with Crippen molar-refractivity contribution in [2.45, 2.75) is 26.7 Å². The second-order valence-corrected chi connectivity index (χ2v) is 9.37. The highest BCUT2D eigenvalue weighted by Gasteiger charge is 2.36. The fourth-order valence-corrected chi connectivity index (χ4v) is 4.71. The molecule has 0 radical (unpaired) electrons. The normalized spacial score (nSPS) is 16.5. The number of carbonyl (C=O) groups excluding carboxylic acids is 5. The Morgan fingerprint density at radius 3 is 2.34 bits per heavy atom. The van der Waals surface area contributed by atoms with Crippen LogP contribution in [0.25, 0.3) is 6.08 Å². The van der Waals surface area contributed by atoms with E-state index in [9.17, 15) is 24.0 Å². The first kappa shape index (κ1) is 24.4. The maximum Gasteiger partial charge on any atom is 0.293 e. The molecule has 0 saturated carbocycles. The van der Waals surface area contributed by atoms with Crippen LogP contribution in [0.4, 0.5) is 4.79 Å². The van der Waals surface area contributed by atoms with Crippen molar-refractivity contribution >= 4 is 46.7 Å². The third-order valence-electron chi connectivity index (χ3n) is 5.84. The lowest BCUT2D eigenvalue weighted by Gasteiger charge is -2.13. The fraction of sp³-hybridized carbons (Fsp3) is 0.269. The predicted molar refractivity (Wildman–Crippen MR) is 133 cm³/mol. The van der Waals surface area contributed by atoms with Crippen molar-refractivity contribution in [2.24, 2.45) is 0 Å². The van der Waals surface area contributed by atoms with Gasteiger partial charge >= 0.3 is 0 Å². The molecule has 0 atom stereocenters. The van der Waals surface area contributed by atoms with Crippen LogP contribution in [0.15, 0.2) is 47.4 Å². The summed E-state index contributed by atoms with van der Waals surface area (Å²) in [5.74, 6) is -1.60. The summed E-state index contributed by atoms with van der Waals surface area (Å²) in [6.07, 6.45) is 3.24. The van der Waals surface area contributed by atoms with Gasteiger partial charge < -0.3 is 5.32 Å². The van der Waals surface area contributed by atoms with Crippen LogP contribution in [0.2, 0.25) is 0 Å². The van der Waals surface area contributed by atoms with Gasteiger partial charge in [0.2, 0.25) is 0 Å². The summed E-state index contributed by atoms with van der Waals surface area (Å²) < 4.78 is 0. The molecule has 2 aromatic carbocycles. The minimum atomic E-state index is -0.456. The van der Waals surface area contributed by atoms with Gasteiger partial charge in [-0.15, -0.1) is 0 Å². The average Bonchev–Trinajstić information content (AvgIpc) is 3.25.